The molecule has 20 heavy (non-hydrogen) atoms. The third-order valence-corrected chi connectivity index (χ3v) is 3.80. The zero-order valence-corrected chi connectivity index (χ0v) is 12.2. The third-order valence-electron chi connectivity index (χ3n) is 3.36. The molecule has 1 aromatic rings. The fraction of sp³-hybridized carbons (Fsp3) is 0.500. The summed E-state index contributed by atoms with van der Waals surface area (Å²) in [5, 5.41) is 10.6. The summed E-state index contributed by atoms with van der Waals surface area (Å²) in [6.45, 7) is 3.63. The molecule has 0 aliphatic heterocycles. The van der Waals surface area contributed by atoms with Crippen LogP contribution >= 0.6 is 8.25 Å². The van der Waals surface area contributed by atoms with Crippen molar-refractivity contribution in [3.63, 3.8) is 0 Å². The summed E-state index contributed by atoms with van der Waals surface area (Å²) in [5.74, 6) is 0. The molecule has 7 nitrogen and oxygen atoms in total. The van der Waals surface area contributed by atoms with Crippen molar-refractivity contribution < 1.29 is 18.9 Å². The van der Waals surface area contributed by atoms with E-state index in [1.54, 1.807) is 19.1 Å². The second kappa shape index (κ2) is 6.85. The van der Waals surface area contributed by atoms with Crippen molar-refractivity contribution in [2.24, 2.45) is 5.73 Å². The molecule has 0 saturated carbocycles. The van der Waals surface area contributed by atoms with Crippen LogP contribution in [0.25, 0.3) is 0 Å². The highest BCUT2D eigenvalue weighted by atomic mass is 31.1. The van der Waals surface area contributed by atoms with Crippen LogP contribution in [-0.2, 0) is 14.6 Å². The van der Waals surface area contributed by atoms with Crippen LogP contribution in [0.5, 0.6) is 0 Å². The van der Waals surface area contributed by atoms with Gasteiger partial charge in [-0.05, 0) is 18.4 Å². The molecule has 3 N–H and O–H groups in total. The van der Waals surface area contributed by atoms with Gasteiger partial charge in [0.2, 0.25) is 0 Å². The van der Waals surface area contributed by atoms with Gasteiger partial charge in [-0.15, -0.1) is 9.42 Å². The lowest BCUT2D eigenvalue weighted by molar-refractivity contribution is -0.384. The number of nitro benzene ring substituents is 1. The predicted molar refractivity (Wildman–Crippen MR) is 74.2 cm³/mol. The van der Waals surface area contributed by atoms with Gasteiger partial charge < -0.3 is 5.73 Å². The molecule has 0 bridgehead atoms. The molecular formula is C12H18N2O5P+. The molecule has 1 aromatic carbocycles. The average molecular weight is 301 g/mol. The van der Waals surface area contributed by atoms with Gasteiger partial charge in [0.25, 0.3) is 5.69 Å². The van der Waals surface area contributed by atoms with Crippen LogP contribution in [0, 0.1) is 10.1 Å². The fourth-order valence-corrected chi connectivity index (χ4v) is 2.71. The van der Waals surface area contributed by atoms with Crippen LogP contribution in [0.1, 0.15) is 32.3 Å². The molecule has 0 amide bonds. The van der Waals surface area contributed by atoms with E-state index in [9.17, 15) is 14.7 Å². The van der Waals surface area contributed by atoms with E-state index >= 15 is 0 Å². The largest absolute Gasteiger partial charge is 0.695 e. The number of nitrogens with two attached hydrogens (primary N) is 1. The van der Waals surface area contributed by atoms with Crippen LogP contribution in [0.3, 0.4) is 0 Å². The van der Waals surface area contributed by atoms with Crippen molar-refractivity contribution in [2.75, 3.05) is 0 Å². The van der Waals surface area contributed by atoms with E-state index in [0.29, 0.717) is 18.4 Å². The number of nitro groups is 1. The Morgan fingerprint density at radius 1 is 1.45 bits per heavy atom. The third kappa shape index (κ3) is 3.58. The maximum absolute atomic E-state index is 10.9. The standard InChI is InChI=1S/C12H17N2O5P/c1-3-11(19-20(17)18)12(13,4-2)9-5-7-10(8-6-9)14(15)16/h5-8,11H,3-4,13H2,1-2H3/p+1. The molecule has 110 valence electrons. The van der Waals surface area contributed by atoms with Crippen molar-refractivity contribution in [1.82, 2.24) is 0 Å². The summed E-state index contributed by atoms with van der Waals surface area (Å²) in [7, 11) is -2.76. The molecule has 0 heterocycles. The first-order valence-corrected chi connectivity index (χ1v) is 7.34. The average Bonchev–Trinajstić information content (AvgIpc) is 2.43. The van der Waals surface area contributed by atoms with Gasteiger partial charge in [-0.2, -0.15) is 0 Å². The van der Waals surface area contributed by atoms with Crippen molar-refractivity contribution in [1.29, 1.82) is 0 Å². The normalized spacial score (nSPS) is 16.3. The topological polar surface area (TPSA) is 116 Å². The maximum atomic E-state index is 10.9. The Hall–Kier alpha value is -1.40. The SMILES string of the molecule is CCC(O[P+](=O)O)C(N)(CC)c1ccc([N+](=O)[O-])cc1. The molecule has 1 rings (SSSR count). The molecule has 3 unspecified atom stereocenters. The highest BCUT2D eigenvalue weighted by Gasteiger charge is 2.40. The van der Waals surface area contributed by atoms with E-state index in [-0.39, 0.29) is 5.69 Å². The Morgan fingerprint density at radius 2 is 2.00 bits per heavy atom. The van der Waals surface area contributed by atoms with Gasteiger partial charge in [0.1, 0.15) is 6.10 Å². The Bertz CT molecular complexity index is 493. The van der Waals surface area contributed by atoms with Crippen LogP contribution in [0.15, 0.2) is 24.3 Å². The molecule has 0 saturated heterocycles. The molecule has 3 atom stereocenters. The summed E-state index contributed by atoms with van der Waals surface area (Å²) < 4.78 is 15.9. The Kier molecular flexibility index (Phi) is 5.71. The number of non-ortho nitro benzene ring substituents is 1. The second-order valence-electron chi connectivity index (χ2n) is 4.44. The van der Waals surface area contributed by atoms with Gasteiger partial charge in [-0.1, -0.05) is 26.0 Å². The van der Waals surface area contributed by atoms with Crippen LogP contribution in [0.2, 0.25) is 0 Å². The highest BCUT2D eigenvalue weighted by Crippen LogP contribution is 2.35. The van der Waals surface area contributed by atoms with E-state index in [1.165, 1.54) is 12.1 Å². The molecular weight excluding hydrogens is 283 g/mol. The highest BCUT2D eigenvalue weighted by molar-refractivity contribution is 7.32. The fourth-order valence-electron chi connectivity index (χ4n) is 2.15. The van der Waals surface area contributed by atoms with Gasteiger partial charge in [-0.3, -0.25) is 10.1 Å². The van der Waals surface area contributed by atoms with Crippen molar-refractivity contribution in [2.45, 2.75) is 38.3 Å². The lowest BCUT2D eigenvalue weighted by atomic mass is 9.82. The number of hydrogen-bond donors (Lipinski definition) is 2. The summed E-state index contributed by atoms with van der Waals surface area (Å²) >= 11 is 0. The zero-order chi connectivity index (χ0) is 15.3. The van der Waals surface area contributed by atoms with E-state index in [2.05, 4.69) is 0 Å². The molecule has 0 aromatic heterocycles. The van der Waals surface area contributed by atoms with E-state index in [1.807, 2.05) is 6.92 Å². The number of nitrogens with zero attached hydrogens (tertiary/aromatic N) is 1. The minimum atomic E-state index is -2.76. The van der Waals surface area contributed by atoms with Gasteiger partial charge in [-0.25, -0.2) is 0 Å². The molecule has 0 aliphatic rings. The molecule has 0 radical (unpaired) electrons. The predicted octanol–water partition coefficient (Wildman–Crippen LogP) is 2.60. The van der Waals surface area contributed by atoms with E-state index < -0.39 is 24.8 Å². The first-order chi connectivity index (χ1) is 9.35. The van der Waals surface area contributed by atoms with Crippen molar-refractivity contribution in [3.8, 4) is 0 Å². The molecule has 0 fully saturated rings. The Balaban J connectivity index is 3.13. The van der Waals surface area contributed by atoms with E-state index in [0.717, 1.165) is 0 Å². The van der Waals surface area contributed by atoms with Crippen molar-refractivity contribution in [3.05, 3.63) is 39.9 Å². The van der Waals surface area contributed by atoms with Crippen LogP contribution < -0.4 is 5.73 Å². The van der Waals surface area contributed by atoms with Gasteiger partial charge in [0.15, 0.2) is 0 Å². The Labute approximate surface area is 117 Å². The first kappa shape index (κ1) is 16.7. The molecule has 0 aliphatic carbocycles. The Morgan fingerprint density at radius 3 is 2.35 bits per heavy atom. The minimum absolute atomic E-state index is 0.0330. The summed E-state index contributed by atoms with van der Waals surface area (Å²) in [6, 6.07) is 5.83. The molecule has 8 heteroatoms. The van der Waals surface area contributed by atoms with Gasteiger partial charge in [0, 0.05) is 16.7 Å². The second-order valence-corrected chi connectivity index (χ2v) is 5.12. The van der Waals surface area contributed by atoms with Crippen LogP contribution in [0.4, 0.5) is 5.69 Å². The van der Waals surface area contributed by atoms with Gasteiger partial charge >= 0.3 is 8.25 Å². The smallest absolute Gasteiger partial charge is 0.319 e. The first-order valence-electron chi connectivity index (χ1n) is 6.21. The maximum Gasteiger partial charge on any atom is 0.695 e. The number of hydrogen-bond acceptors (Lipinski definition) is 5. The quantitative estimate of drug-likeness (QED) is 0.454. The van der Waals surface area contributed by atoms with Gasteiger partial charge in [0.05, 0.1) is 10.5 Å². The molecule has 0 spiro atoms. The minimum Gasteiger partial charge on any atom is -0.319 e. The number of benzene rings is 1. The summed E-state index contributed by atoms with van der Waals surface area (Å²) in [4.78, 5) is 19.1. The lowest BCUT2D eigenvalue weighted by Crippen LogP contribution is -2.47. The lowest BCUT2D eigenvalue weighted by Gasteiger charge is -2.32. The van der Waals surface area contributed by atoms with E-state index in [4.69, 9.17) is 15.2 Å². The summed E-state index contributed by atoms with van der Waals surface area (Å²) in [6.07, 6.45) is 0.262. The van der Waals surface area contributed by atoms with Crippen LogP contribution in [-0.4, -0.2) is 15.9 Å². The zero-order valence-electron chi connectivity index (χ0n) is 11.4. The van der Waals surface area contributed by atoms with Crippen molar-refractivity contribution >= 4 is 13.9 Å². The number of rotatable bonds is 7. The summed E-state index contributed by atoms with van der Waals surface area (Å²) in [5.41, 5.74) is 5.94. The monoisotopic (exact) mass is 301 g/mol.